The van der Waals surface area contributed by atoms with Crippen molar-refractivity contribution in [2.24, 2.45) is 0 Å². The third-order valence-electron chi connectivity index (χ3n) is 6.14. The second-order valence-electron chi connectivity index (χ2n) is 7.94. The van der Waals surface area contributed by atoms with Crippen molar-refractivity contribution in [2.45, 2.75) is 11.6 Å². The lowest BCUT2D eigenvalue weighted by Crippen LogP contribution is -2.30. The Balaban J connectivity index is 2.06. The van der Waals surface area contributed by atoms with E-state index in [9.17, 15) is 57.1 Å². The van der Waals surface area contributed by atoms with Crippen LogP contribution in [-0.2, 0) is 11.6 Å². The Morgan fingerprint density at radius 2 is 0.658 bits per heavy atom. The predicted octanol–water partition coefficient (Wildman–Crippen LogP) is 8.17. The molecule has 0 bridgehead atoms. The van der Waals surface area contributed by atoms with Gasteiger partial charge in [0.25, 0.3) is 0 Å². The van der Waals surface area contributed by atoms with Gasteiger partial charge in [-0.05, 0) is 0 Å². The minimum Gasteiger partial charge on any atom is -0.225 e. The molecule has 0 spiro atoms. The second-order valence-corrected chi connectivity index (χ2v) is 7.94. The third-order valence-corrected chi connectivity index (χ3v) is 6.14. The van der Waals surface area contributed by atoms with Crippen molar-refractivity contribution in [3.8, 4) is 11.1 Å². The van der Waals surface area contributed by atoms with Crippen LogP contribution in [0.1, 0.15) is 27.8 Å². The second kappa shape index (κ2) is 7.44. The van der Waals surface area contributed by atoms with E-state index >= 15 is 13.2 Å². The van der Waals surface area contributed by atoms with E-state index in [1.165, 1.54) is 0 Å². The predicted molar refractivity (Wildman–Crippen MR) is 91.9 cm³/mol. The fourth-order valence-electron chi connectivity index (χ4n) is 4.59. The summed E-state index contributed by atoms with van der Waals surface area (Å²) >= 11 is 0. The summed E-state index contributed by atoms with van der Waals surface area (Å²) in [5, 5.41) is 0. The molecule has 0 fully saturated rings. The molecule has 0 saturated heterocycles. The summed E-state index contributed by atoms with van der Waals surface area (Å²) in [6.45, 7) is 0. The summed E-state index contributed by atoms with van der Waals surface area (Å²) in [6, 6.07) is 0. The number of allylic oxidation sites excluding steroid dienone is 1. The van der Waals surface area contributed by atoms with Crippen molar-refractivity contribution < 1.29 is 70.2 Å². The van der Waals surface area contributed by atoms with Crippen molar-refractivity contribution in [3.63, 3.8) is 0 Å². The quantitative estimate of drug-likeness (QED) is 0.158. The topological polar surface area (TPSA) is 0 Å². The van der Waals surface area contributed by atoms with Gasteiger partial charge in [0.15, 0.2) is 75.6 Å². The highest BCUT2D eigenvalue weighted by Gasteiger charge is 2.62. The Labute approximate surface area is 197 Å². The largest absolute Gasteiger partial charge is 0.303 e. The zero-order valence-electron chi connectivity index (χ0n) is 17.0. The van der Waals surface area contributed by atoms with E-state index in [0.717, 1.165) is 0 Å². The lowest BCUT2D eigenvalue weighted by Gasteiger charge is -2.27. The van der Waals surface area contributed by atoms with Crippen LogP contribution in [0.2, 0.25) is 0 Å². The Morgan fingerprint density at radius 3 is 1.16 bits per heavy atom. The molecule has 3 aromatic rings. The fourth-order valence-corrected chi connectivity index (χ4v) is 4.59. The van der Waals surface area contributed by atoms with Crippen LogP contribution in [0.15, 0.2) is 5.83 Å². The molecule has 1 atom stereocenters. The van der Waals surface area contributed by atoms with Crippen LogP contribution < -0.4 is 0 Å². The lowest BCUT2D eigenvalue weighted by molar-refractivity contribution is 0.0381. The molecule has 3 aromatic carbocycles. The van der Waals surface area contributed by atoms with Gasteiger partial charge in [-0.2, -0.15) is 8.78 Å². The van der Waals surface area contributed by atoms with Crippen molar-refractivity contribution in [1.29, 1.82) is 0 Å². The highest BCUT2D eigenvalue weighted by molar-refractivity contribution is 5.85. The SMILES string of the molecule is FC1=C(F)C(F)(c2c(F)c(F)c(F)c3c2C(F)(F)c2c(F)c(F)c(F)c(F)c2-3)c2c(F)c(F)c(F)c(F)c21. The highest BCUT2D eigenvalue weighted by atomic mass is 19.3. The molecule has 38 heavy (non-hydrogen) atoms. The molecule has 0 N–H and O–H groups in total. The van der Waals surface area contributed by atoms with Gasteiger partial charge >= 0.3 is 5.92 Å². The minimum atomic E-state index is -5.65. The van der Waals surface area contributed by atoms with Crippen molar-refractivity contribution in [2.75, 3.05) is 0 Å². The van der Waals surface area contributed by atoms with Crippen LogP contribution in [0.25, 0.3) is 17.0 Å². The van der Waals surface area contributed by atoms with Crippen LogP contribution in [0, 0.1) is 64.0 Å². The van der Waals surface area contributed by atoms with Gasteiger partial charge in [0, 0.05) is 16.7 Å². The Kier molecular flexibility index (Phi) is 5.07. The van der Waals surface area contributed by atoms with Gasteiger partial charge in [-0.3, -0.25) is 0 Å². The molecule has 1 unspecified atom stereocenters. The van der Waals surface area contributed by atoms with Crippen LogP contribution in [0.4, 0.5) is 70.2 Å². The number of fused-ring (bicyclic) bond motifs is 4. The maximum atomic E-state index is 16.2. The minimum absolute atomic E-state index is 2.36. The Morgan fingerprint density at radius 1 is 0.316 bits per heavy atom. The van der Waals surface area contributed by atoms with E-state index < -0.39 is 126 Å². The van der Waals surface area contributed by atoms with E-state index in [4.69, 9.17) is 0 Å². The summed E-state index contributed by atoms with van der Waals surface area (Å²) in [5.41, 5.74) is -24.0. The summed E-state index contributed by atoms with van der Waals surface area (Å²) < 4.78 is 233. The molecule has 0 aliphatic heterocycles. The molecule has 0 nitrogen and oxygen atoms in total. The zero-order valence-corrected chi connectivity index (χ0v) is 17.0. The van der Waals surface area contributed by atoms with Crippen LogP contribution in [0.5, 0.6) is 0 Å². The first-order chi connectivity index (χ1) is 17.4. The van der Waals surface area contributed by atoms with Gasteiger partial charge in [-0.25, -0.2) is 61.5 Å². The maximum absolute atomic E-state index is 16.2. The Bertz CT molecular complexity index is 1680. The summed E-state index contributed by atoms with van der Waals surface area (Å²) in [5.74, 6) is -44.9. The van der Waals surface area contributed by atoms with Gasteiger partial charge in [0.05, 0.1) is 22.3 Å². The van der Waals surface area contributed by atoms with Gasteiger partial charge < -0.3 is 0 Å². The smallest absolute Gasteiger partial charge is 0.225 e. The molecular formula is C22F16. The van der Waals surface area contributed by atoms with Gasteiger partial charge in [0.1, 0.15) is 0 Å². The molecule has 0 heterocycles. The molecule has 0 saturated carbocycles. The third kappa shape index (κ3) is 2.60. The number of hydrogen-bond donors (Lipinski definition) is 0. The monoisotopic (exact) mass is 568 g/mol. The molecule has 5 rings (SSSR count). The van der Waals surface area contributed by atoms with E-state index in [1.54, 1.807) is 0 Å². The van der Waals surface area contributed by atoms with Crippen LogP contribution >= 0.6 is 0 Å². The summed E-state index contributed by atoms with van der Waals surface area (Å²) in [6.07, 6.45) is 0. The lowest BCUT2D eigenvalue weighted by atomic mass is 9.82. The molecule has 200 valence electrons. The summed E-state index contributed by atoms with van der Waals surface area (Å²) in [7, 11) is 0. The molecule has 0 radical (unpaired) electrons. The number of benzene rings is 3. The average molecular weight is 568 g/mol. The van der Waals surface area contributed by atoms with Crippen LogP contribution in [0.3, 0.4) is 0 Å². The van der Waals surface area contributed by atoms with Crippen molar-refractivity contribution in [3.05, 3.63) is 97.6 Å². The van der Waals surface area contributed by atoms with Gasteiger partial charge in [-0.15, -0.1) is 0 Å². The normalized spacial score (nSPS) is 19.3. The maximum Gasteiger partial charge on any atom is 0.303 e. The number of halogens is 16. The molecule has 2 aliphatic rings. The van der Waals surface area contributed by atoms with Gasteiger partial charge in [-0.1, -0.05) is 0 Å². The van der Waals surface area contributed by atoms with E-state index in [0.29, 0.717) is 0 Å². The number of hydrogen-bond acceptors (Lipinski definition) is 0. The van der Waals surface area contributed by atoms with Crippen molar-refractivity contribution >= 4 is 5.83 Å². The van der Waals surface area contributed by atoms with Crippen molar-refractivity contribution in [1.82, 2.24) is 0 Å². The van der Waals surface area contributed by atoms with E-state index in [1.807, 2.05) is 0 Å². The molecule has 2 aliphatic carbocycles. The highest BCUT2D eigenvalue weighted by Crippen LogP contribution is 2.63. The number of rotatable bonds is 1. The van der Waals surface area contributed by atoms with E-state index in [-0.39, 0.29) is 0 Å². The first kappa shape index (κ1) is 25.9. The summed E-state index contributed by atoms with van der Waals surface area (Å²) in [4.78, 5) is 0. The van der Waals surface area contributed by atoms with Crippen LogP contribution in [-0.4, -0.2) is 0 Å². The van der Waals surface area contributed by atoms with Gasteiger partial charge in [0.2, 0.25) is 5.67 Å². The Hall–Kier alpha value is -3.72. The first-order valence-corrected chi connectivity index (χ1v) is 9.52. The zero-order chi connectivity index (χ0) is 28.5. The standard InChI is InChI=1S/C22F16/c23-8-1-2-6(13(28)19(34)16(31)9(2)24)22(37,38)4(1)7(14(29)15(8)30)21(36)5-3(11(26)20(21)35)10(25)17(32)18(33)12(5)27. The molecule has 0 amide bonds. The fraction of sp³-hybridized carbons (Fsp3) is 0.0909. The van der Waals surface area contributed by atoms with E-state index in [2.05, 4.69) is 0 Å². The molecule has 0 aromatic heterocycles. The molecule has 16 heteroatoms. The molecular weight excluding hydrogens is 568 g/mol. The number of alkyl halides is 3. The first-order valence-electron chi connectivity index (χ1n) is 9.52. The average Bonchev–Trinajstić information content (AvgIpc) is 3.22.